The quantitative estimate of drug-likeness (QED) is 0.782. The van der Waals surface area contributed by atoms with Crippen LogP contribution in [0, 0.1) is 0 Å². The second-order valence-corrected chi connectivity index (χ2v) is 6.26. The Kier molecular flexibility index (Phi) is 8.52. The van der Waals surface area contributed by atoms with Crippen molar-refractivity contribution in [2.45, 2.75) is 26.7 Å². The summed E-state index contributed by atoms with van der Waals surface area (Å²) in [7, 11) is 0. The van der Waals surface area contributed by atoms with Crippen LogP contribution in [0.25, 0.3) is 5.57 Å². The smallest absolute Gasteiger partial charge is 0.219 e. The first-order chi connectivity index (χ1) is 11.8. The van der Waals surface area contributed by atoms with Gasteiger partial charge in [0.25, 0.3) is 0 Å². The number of amides is 2. The molecular formula is C18H23Cl2N3O2. The molecule has 0 radical (unpaired) electrons. The molecule has 0 unspecified atom stereocenters. The molecule has 0 aromatic heterocycles. The number of halogens is 2. The van der Waals surface area contributed by atoms with Gasteiger partial charge in [0.2, 0.25) is 12.3 Å². The molecule has 25 heavy (non-hydrogen) atoms. The zero-order valence-corrected chi connectivity index (χ0v) is 16.0. The van der Waals surface area contributed by atoms with E-state index in [1.54, 1.807) is 6.92 Å². The molecule has 0 spiro atoms. The molecule has 136 valence electrons. The second kappa shape index (κ2) is 10.1. The van der Waals surface area contributed by atoms with Crippen molar-refractivity contribution < 1.29 is 9.59 Å². The highest BCUT2D eigenvalue weighted by Gasteiger charge is 2.18. The number of carbonyl (C=O) groups excluding carboxylic acids is 2. The van der Waals surface area contributed by atoms with Crippen LogP contribution in [0.15, 0.2) is 30.6 Å². The summed E-state index contributed by atoms with van der Waals surface area (Å²) >= 11 is 12.6. The van der Waals surface area contributed by atoms with Gasteiger partial charge in [0, 0.05) is 25.0 Å². The maximum absolute atomic E-state index is 11.3. The van der Waals surface area contributed by atoms with Gasteiger partial charge in [0.05, 0.1) is 10.8 Å². The predicted molar refractivity (Wildman–Crippen MR) is 103 cm³/mol. The third-order valence-electron chi connectivity index (χ3n) is 3.78. The summed E-state index contributed by atoms with van der Waals surface area (Å²) < 4.78 is 0. The maximum Gasteiger partial charge on any atom is 0.219 e. The lowest BCUT2D eigenvalue weighted by molar-refractivity contribution is -0.128. The summed E-state index contributed by atoms with van der Waals surface area (Å²) in [6, 6.07) is 3.87. The van der Waals surface area contributed by atoms with Gasteiger partial charge in [-0.3, -0.25) is 9.59 Å². The Morgan fingerprint density at radius 3 is 2.52 bits per heavy atom. The summed E-state index contributed by atoms with van der Waals surface area (Å²) in [6.07, 6.45) is 4.21. The second-order valence-electron chi connectivity index (χ2n) is 5.47. The van der Waals surface area contributed by atoms with Crippen LogP contribution in [-0.2, 0) is 16.0 Å². The van der Waals surface area contributed by atoms with Crippen molar-refractivity contribution in [2.75, 3.05) is 13.1 Å². The van der Waals surface area contributed by atoms with E-state index in [0.29, 0.717) is 13.0 Å². The van der Waals surface area contributed by atoms with Crippen LogP contribution in [0.1, 0.15) is 31.4 Å². The van der Waals surface area contributed by atoms with Crippen molar-refractivity contribution in [1.82, 2.24) is 10.2 Å². The molecule has 1 aliphatic heterocycles. The van der Waals surface area contributed by atoms with E-state index in [1.807, 2.05) is 24.0 Å². The van der Waals surface area contributed by atoms with E-state index >= 15 is 0 Å². The number of nitrogens with one attached hydrogen (secondary N) is 1. The molecule has 0 aliphatic carbocycles. The van der Waals surface area contributed by atoms with Gasteiger partial charge in [-0.1, -0.05) is 48.8 Å². The molecule has 7 heteroatoms. The van der Waals surface area contributed by atoms with Crippen molar-refractivity contribution in [3.05, 3.63) is 51.8 Å². The van der Waals surface area contributed by atoms with Crippen molar-refractivity contribution in [2.24, 2.45) is 5.73 Å². The minimum atomic E-state index is 0.117. The van der Waals surface area contributed by atoms with E-state index in [0.717, 1.165) is 40.6 Å². The average Bonchev–Trinajstić information content (AvgIpc) is 2.56. The van der Waals surface area contributed by atoms with Crippen molar-refractivity contribution >= 4 is 41.1 Å². The Balaban J connectivity index is 0.000000450. The summed E-state index contributed by atoms with van der Waals surface area (Å²) in [5, 5.41) is 3.58. The minimum absolute atomic E-state index is 0.117. The van der Waals surface area contributed by atoms with E-state index in [1.165, 1.54) is 5.57 Å². The number of hydrogen-bond acceptors (Lipinski definition) is 3. The van der Waals surface area contributed by atoms with Gasteiger partial charge in [-0.2, -0.15) is 0 Å². The molecule has 2 rings (SSSR count). The number of nitrogens with two attached hydrogens (primary N) is 1. The molecule has 1 aromatic carbocycles. The lowest BCUT2D eigenvalue weighted by atomic mass is 9.97. The van der Waals surface area contributed by atoms with Crippen molar-refractivity contribution in [3.63, 3.8) is 0 Å². The molecule has 0 bridgehead atoms. The SMILES string of the molecule is C=C(N)NC=O.CCc1c(Cl)ccc(C2=CCN(C(C)=O)CC2)c1Cl. The Hall–Kier alpha value is -1.98. The third-order valence-corrected chi connectivity index (χ3v) is 4.57. The molecule has 1 heterocycles. The van der Waals surface area contributed by atoms with Crippen LogP contribution in [0.2, 0.25) is 10.0 Å². The fourth-order valence-electron chi connectivity index (χ4n) is 2.45. The Morgan fingerprint density at radius 1 is 1.44 bits per heavy atom. The Labute approximate surface area is 158 Å². The van der Waals surface area contributed by atoms with Crippen LogP contribution in [0.4, 0.5) is 0 Å². The van der Waals surface area contributed by atoms with E-state index in [4.69, 9.17) is 28.9 Å². The lowest BCUT2D eigenvalue weighted by Gasteiger charge is -2.26. The Morgan fingerprint density at radius 2 is 2.12 bits per heavy atom. The summed E-state index contributed by atoms with van der Waals surface area (Å²) in [6.45, 7) is 8.24. The topological polar surface area (TPSA) is 75.4 Å². The maximum atomic E-state index is 11.3. The first-order valence-electron chi connectivity index (χ1n) is 7.88. The van der Waals surface area contributed by atoms with Crippen LogP contribution in [0.3, 0.4) is 0 Å². The Bertz CT molecular complexity index is 687. The van der Waals surface area contributed by atoms with E-state index in [-0.39, 0.29) is 11.7 Å². The zero-order chi connectivity index (χ0) is 19.0. The van der Waals surface area contributed by atoms with E-state index in [9.17, 15) is 9.59 Å². The van der Waals surface area contributed by atoms with E-state index < -0.39 is 0 Å². The average molecular weight is 384 g/mol. The van der Waals surface area contributed by atoms with Gasteiger partial charge in [0.1, 0.15) is 0 Å². The van der Waals surface area contributed by atoms with E-state index in [2.05, 4.69) is 18.0 Å². The molecule has 0 saturated carbocycles. The molecule has 0 saturated heterocycles. The number of benzene rings is 1. The van der Waals surface area contributed by atoms with Gasteiger partial charge in [-0.15, -0.1) is 0 Å². The first-order valence-corrected chi connectivity index (χ1v) is 8.63. The highest BCUT2D eigenvalue weighted by molar-refractivity contribution is 6.37. The largest absolute Gasteiger partial charge is 0.386 e. The normalized spacial score (nSPS) is 13.3. The molecule has 1 aliphatic rings. The molecular weight excluding hydrogens is 361 g/mol. The third kappa shape index (κ3) is 6.11. The molecule has 0 atom stereocenters. The van der Waals surface area contributed by atoms with Crippen LogP contribution in [-0.4, -0.2) is 30.3 Å². The summed E-state index contributed by atoms with van der Waals surface area (Å²) in [4.78, 5) is 22.5. The molecule has 0 fully saturated rings. The lowest BCUT2D eigenvalue weighted by Crippen LogP contribution is -2.32. The van der Waals surface area contributed by atoms with Crippen molar-refractivity contribution in [1.29, 1.82) is 0 Å². The standard InChI is InChI=1S/C15H17Cl2NO.C3H6N2O/c1-3-12-14(16)5-4-13(15(12)17)11-6-8-18(9-7-11)10(2)19;1-3(4)5-2-6/h4-6H,3,7-9H2,1-2H3;2H,1,4H2,(H,5,6). The van der Waals surface area contributed by atoms with Crippen LogP contribution in [0.5, 0.6) is 0 Å². The van der Waals surface area contributed by atoms with Crippen LogP contribution < -0.4 is 11.1 Å². The fraction of sp³-hybridized carbons (Fsp3) is 0.333. The molecule has 5 nitrogen and oxygen atoms in total. The monoisotopic (exact) mass is 383 g/mol. The number of carbonyl (C=O) groups is 2. The first kappa shape index (κ1) is 21.1. The number of rotatable bonds is 4. The molecule has 3 N–H and O–H groups in total. The van der Waals surface area contributed by atoms with Gasteiger partial charge < -0.3 is 16.0 Å². The van der Waals surface area contributed by atoms with Gasteiger partial charge in [-0.25, -0.2) is 0 Å². The van der Waals surface area contributed by atoms with Crippen molar-refractivity contribution in [3.8, 4) is 0 Å². The molecule has 1 aromatic rings. The number of hydrogen-bond donors (Lipinski definition) is 2. The van der Waals surface area contributed by atoms with Crippen LogP contribution >= 0.6 is 23.2 Å². The highest BCUT2D eigenvalue weighted by atomic mass is 35.5. The summed E-state index contributed by atoms with van der Waals surface area (Å²) in [5.74, 6) is 0.289. The fourth-order valence-corrected chi connectivity index (χ4v) is 3.20. The van der Waals surface area contributed by atoms with Gasteiger partial charge in [-0.05, 0) is 35.6 Å². The molecule has 2 amide bonds. The highest BCUT2D eigenvalue weighted by Crippen LogP contribution is 2.34. The predicted octanol–water partition coefficient (Wildman–Crippen LogP) is 3.35. The van der Waals surface area contributed by atoms with Gasteiger partial charge in [0.15, 0.2) is 0 Å². The summed E-state index contributed by atoms with van der Waals surface area (Å²) in [5.41, 5.74) is 8.11. The number of nitrogens with zero attached hydrogens (tertiary/aromatic N) is 1. The minimum Gasteiger partial charge on any atom is -0.386 e. The van der Waals surface area contributed by atoms with Gasteiger partial charge >= 0.3 is 0 Å². The zero-order valence-electron chi connectivity index (χ0n) is 14.4.